The van der Waals surface area contributed by atoms with E-state index in [1.807, 2.05) is 37.8 Å². The maximum absolute atomic E-state index is 12.8. The number of fused-ring (bicyclic) bond motifs is 3. The number of piperidine rings is 1. The van der Waals surface area contributed by atoms with Crippen LogP contribution in [0.25, 0.3) is 11.1 Å². The summed E-state index contributed by atoms with van der Waals surface area (Å²) in [4.78, 5) is 17.3. The molecule has 3 heterocycles. The van der Waals surface area contributed by atoms with Crippen molar-refractivity contribution in [1.82, 2.24) is 4.90 Å². The number of aryl methyl sites for hydroxylation is 2. The van der Waals surface area contributed by atoms with Gasteiger partial charge in [-0.3, -0.25) is 0 Å². The SMILES string of the molecule is Cc1cc(C#N)ccc1-c1cc2c3c(c1)[C@@H]1CN(C(=O)OC(C)(C)C)CC[C@@H]1N3CCC2. The molecule has 0 bridgehead atoms. The van der Waals surface area contributed by atoms with E-state index in [0.717, 1.165) is 31.5 Å². The zero-order valence-electron chi connectivity index (χ0n) is 19.4. The number of likely N-dealkylation sites (tertiary alicyclic amines) is 1. The highest BCUT2D eigenvalue weighted by Gasteiger charge is 2.45. The van der Waals surface area contributed by atoms with Crippen molar-refractivity contribution in [3.8, 4) is 17.2 Å². The molecule has 32 heavy (non-hydrogen) atoms. The van der Waals surface area contributed by atoms with Crippen molar-refractivity contribution >= 4 is 11.8 Å². The highest BCUT2D eigenvalue weighted by molar-refractivity contribution is 5.78. The van der Waals surface area contributed by atoms with Crippen LogP contribution in [0.4, 0.5) is 10.5 Å². The van der Waals surface area contributed by atoms with Crippen LogP contribution in [-0.4, -0.2) is 42.3 Å². The minimum Gasteiger partial charge on any atom is -0.444 e. The van der Waals surface area contributed by atoms with Crippen LogP contribution < -0.4 is 4.90 Å². The Hall–Kier alpha value is -3.00. The molecule has 5 heteroatoms. The molecule has 1 saturated heterocycles. The Morgan fingerprint density at radius 1 is 1.19 bits per heavy atom. The van der Waals surface area contributed by atoms with E-state index in [1.165, 1.54) is 34.4 Å². The number of hydrogen-bond acceptors (Lipinski definition) is 4. The van der Waals surface area contributed by atoms with E-state index in [4.69, 9.17) is 4.74 Å². The topological polar surface area (TPSA) is 56.6 Å². The highest BCUT2D eigenvalue weighted by atomic mass is 16.6. The average Bonchev–Trinajstić information content (AvgIpc) is 3.07. The molecule has 5 rings (SSSR count). The van der Waals surface area contributed by atoms with Gasteiger partial charge in [-0.15, -0.1) is 0 Å². The first kappa shape index (κ1) is 20.9. The van der Waals surface area contributed by atoms with Crippen molar-refractivity contribution in [1.29, 1.82) is 5.26 Å². The summed E-state index contributed by atoms with van der Waals surface area (Å²) < 4.78 is 5.68. The fraction of sp³-hybridized carbons (Fsp3) is 0.481. The van der Waals surface area contributed by atoms with Crippen LogP contribution in [0.2, 0.25) is 0 Å². The number of ether oxygens (including phenoxy) is 1. The Kier molecular flexibility index (Phi) is 4.93. The van der Waals surface area contributed by atoms with E-state index in [1.54, 1.807) is 0 Å². The Bertz CT molecular complexity index is 1120. The standard InChI is InChI=1S/C27H31N3O2/c1-17-12-18(15-28)7-8-21(17)20-13-19-6-5-10-30-24-9-11-29(26(31)32-27(2,3)4)16-23(24)22(14-20)25(19)30/h7-8,12-14,23-24H,5-6,9-11,16H2,1-4H3/t23-,24-/m0/s1. The second kappa shape index (κ2) is 7.55. The molecule has 2 aromatic rings. The monoisotopic (exact) mass is 429 g/mol. The maximum Gasteiger partial charge on any atom is 0.410 e. The summed E-state index contributed by atoms with van der Waals surface area (Å²) in [6.07, 6.45) is 3.03. The van der Waals surface area contributed by atoms with Crippen LogP contribution in [0.15, 0.2) is 30.3 Å². The van der Waals surface area contributed by atoms with Crippen LogP contribution in [0.5, 0.6) is 0 Å². The number of benzene rings is 2. The van der Waals surface area contributed by atoms with Crippen LogP contribution >= 0.6 is 0 Å². The number of rotatable bonds is 1. The van der Waals surface area contributed by atoms with Crippen molar-refractivity contribution < 1.29 is 9.53 Å². The minimum atomic E-state index is -0.482. The molecule has 1 amide bonds. The van der Waals surface area contributed by atoms with E-state index < -0.39 is 5.60 Å². The van der Waals surface area contributed by atoms with Gasteiger partial charge in [-0.2, -0.15) is 5.26 Å². The third kappa shape index (κ3) is 3.52. The summed E-state index contributed by atoms with van der Waals surface area (Å²) in [7, 11) is 0. The average molecular weight is 430 g/mol. The second-order valence-corrected chi connectivity index (χ2v) is 10.4. The first-order valence-electron chi connectivity index (χ1n) is 11.7. The molecular weight excluding hydrogens is 398 g/mol. The third-order valence-electron chi connectivity index (χ3n) is 7.05. The number of nitrogens with zero attached hydrogens (tertiary/aromatic N) is 3. The Balaban J connectivity index is 1.53. The first-order valence-corrected chi connectivity index (χ1v) is 11.7. The van der Waals surface area contributed by atoms with Crippen molar-refractivity contribution in [3.63, 3.8) is 0 Å². The molecule has 3 aliphatic rings. The van der Waals surface area contributed by atoms with Gasteiger partial charge in [0.1, 0.15) is 5.60 Å². The fourth-order valence-electron chi connectivity index (χ4n) is 5.75. The lowest BCUT2D eigenvalue weighted by Gasteiger charge is -2.40. The Morgan fingerprint density at radius 3 is 2.72 bits per heavy atom. The van der Waals surface area contributed by atoms with Gasteiger partial charge in [-0.05, 0) is 99.0 Å². The van der Waals surface area contributed by atoms with Gasteiger partial charge in [0.25, 0.3) is 0 Å². The van der Waals surface area contributed by atoms with Gasteiger partial charge in [0, 0.05) is 37.3 Å². The van der Waals surface area contributed by atoms with Crippen LogP contribution in [0.3, 0.4) is 0 Å². The Labute approximate surface area is 190 Å². The smallest absolute Gasteiger partial charge is 0.410 e. The third-order valence-corrected chi connectivity index (χ3v) is 7.05. The number of anilines is 1. The van der Waals surface area contributed by atoms with Gasteiger partial charge in [0.05, 0.1) is 11.6 Å². The lowest BCUT2D eigenvalue weighted by molar-refractivity contribution is 0.0189. The number of nitriles is 1. The summed E-state index contributed by atoms with van der Waals surface area (Å²) >= 11 is 0. The van der Waals surface area contributed by atoms with E-state index in [9.17, 15) is 10.1 Å². The summed E-state index contributed by atoms with van der Waals surface area (Å²) in [5, 5.41) is 9.24. The van der Waals surface area contributed by atoms with E-state index >= 15 is 0 Å². The molecule has 0 aromatic heterocycles. The van der Waals surface area contributed by atoms with Gasteiger partial charge in [-0.1, -0.05) is 6.07 Å². The largest absolute Gasteiger partial charge is 0.444 e. The van der Waals surface area contributed by atoms with Crippen LogP contribution in [0.1, 0.15) is 61.8 Å². The normalized spacial score (nSPS) is 21.6. The zero-order chi connectivity index (χ0) is 22.6. The molecule has 1 fully saturated rings. The molecule has 2 atom stereocenters. The number of hydrogen-bond donors (Lipinski definition) is 0. The Morgan fingerprint density at radius 2 is 2.00 bits per heavy atom. The highest BCUT2D eigenvalue weighted by Crippen LogP contribution is 2.50. The molecular formula is C27H31N3O2. The first-order chi connectivity index (χ1) is 15.2. The van der Waals surface area contributed by atoms with E-state index in [2.05, 4.69) is 36.1 Å². The number of carbonyl (C=O) groups excluding carboxylic acids is 1. The lowest BCUT2D eigenvalue weighted by Crippen LogP contribution is -2.49. The number of carbonyl (C=O) groups is 1. The molecule has 3 aliphatic heterocycles. The van der Waals surface area contributed by atoms with Crippen molar-refractivity contribution in [2.45, 2.75) is 64.5 Å². The van der Waals surface area contributed by atoms with E-state index in [0.29, 0.717) is 24.1 Å². The predicted octanol–water partition coefficient (Wildman–Crippen LogP) is 5.39. The van der Waals surface area contributed by atoms with Crippen molar-refractivity contribution in [3.05, 3.63) is 52.6 Å². The maximum atomic E-state index is 12.8. The molecule has 0 aliphatic carbocycles. The molecule has 0 N–H and O–H groups in total. The van der Waals surface area contributed by atoms with Gasteiger partial charge in [0.15, 0.2) is 0 Å². The second-order valence-electron chi connectivity index (χ2n) is 10.4. The summed E-state index contributed by atoms with van der Waals surface area (Å²) in [6, 6.07) is 13.3. The van der Waals surface area contributed by atoms with E-state index in [-0.39, 0.29) is 6.09 Å². The van der Waals surface area contributed by atoms with Crippen LogP contribution in [-0.2, 0) is 11.2 Å². The van der Waals surface area contributed by atoms with Crippen molar-refractivity contribution in [2.24, 2.45) is 0 Å². The quantitative estimate of drug-likeness (QED) is 0.610. The molecule has 2 aromatic carbocycles. The van der Waals surface area contributed by atoms with Crippen molar-refractivity contribution in [2.75, 3.05) is 24.5 Å². The molecule has 0 spiro atoms. The molecule has 0 saturated carbocycles. The molecule has 0 radical (unpaired) electrons. The molecule has 0 unspecified atom stereocenters. The molecule has 166 valence electrons. The summed E-state index contributed by atoms with van der Waals surface area (Å²) in [5.41, 5.74) is 7.94. The van der Waals surface area contributed by atoms with Gasteiger partial charge >= 0.3 is 6.09 Å². The summed E-state index contributed by atoms with van der Waals surface area (Å²) in [6.45, 7) is 10.4. The number of amides is 1. The van der Waals surface area contributed by atoms with Crippen LogP contribution in [0, 0.1) is 18.3 Å². The van der Waals surface area contributed by atoms with Gasteiger partial charge < -0.3 is 14.5 Å². The summed E-state index contributed by atoms with van der Waals surface area (Å²) in [5.74, 6) is 0.307. The van der Waals surface area contributed by atoms with Gasteiger partial charge in [0.2, 0.25) is 0 Å². The molecule has 5 nitrogen and oxygen atoms in total. The predicted molar refractivity (Wildman–Crippen MR) is 126 cm³/mol. The van der Waals surface area contributed by atoms with Gasteiger partial charge in [-0.25, -0.2) is 4.79 Å². The fourth-order valence-corrected chi connectivity index (χ4v) is 5.75. The minimum absolute atomic E-state index is 0.204. The lowest BCUT2D eigenvalue weighted by atomic mass is 9.86. The zero-order valence-corrected chi connectivity index (χ0v) is 19.4.